The lowest BCUT2D eigenvalue weighted by Gasteiger charge is -2.28. The number of nitrogens with zero attached hydrogens (tertiary/aromatic N) is 1. The molecule has 0 saturated carbocycles. The third-order valence-electron chi connectivity index (χ3n) is 4.76. The zero-order chi connectivity index (χ0) is 15.2. The smallest absolute Gasteiger partial charge is 0.0449 e. The summed E-state index contributed by atoms with van der Waals surface area (Å²) in [4.78, 5) is 2.66. The summed E-state index contributed by atoms with van der Waals surface area (Å²) in [5, 5.41) is 3.74. The summed E-state index contributed by atoms with van der Waals surface area (Å²) < 4.78 is 0. The van der Waals surface area contributed by atoms with Gasteiger partial charge in [-0.1, -0.05) is 45.0 Å². The zero-order valence-corrected chi connectivity index (χ0v) is 14.2. The van der Waals surface area contributed by atoms with Crippen molar-refractivity contribution in [1.29, 1.82) is 0 Å². The van der Waals surface area contributed by atoms with Gasteiger partial charge >= 0.3 is 0 Å². The predicted molar refractivity (Wildman–Crippen MR) is 91.7 cm³/mol. The van der Waals surface area contributed by atoms with E-state index in [1.165, 1.54) is 30.5 Å². The SMILES string of the molecule is CCCNC(CN1CC(C)CC1C)c1ccc(CC)cc1. The molecule has 21 heavy (non-hydrogen) atoms. The molecule has 0 bridgehead atoms. The van der Waals surface area contributed by atoms with Crippen molar-refractivity contribution in [3.05, 3.63) is 35.4 Å². The van der Waals surface area contributed by atoms with Crippen molar-refractivity contribution >= 4 is 0 Å². The Morgan fingerprint density at radius 1 is 1.19 bits per heavy atom. The minimum atomic E-state index is 0.462. The van der Waals surface area contributed by atoms with Gasteiger partial charge in [-0.2, -0.15) is 0 Å². The highest BCUT2D eigenvalue weighted by Crippen LogP contribution is 2.25. The summed E-state index contributed by atoms with van der Waals surface area (Å²) in [7, 11) is 0. The Morgan fingerprint density at radius 2 is 1.90 bits per heavy atom. The van der Waals surface area contributed by atoms with Gasteiger partial charge in [-0.15, -0.1) is 0 Å². The number of benzene rings is 1. The average molecular weight is 288 g/mol. The molecule has 2 heteroatoms. The molecule has 0 spiro atoms. The van der Waals surface area contributed by atoms with Crippen LogP contribution < -0.4 is 5.32 Å². The fraction of sp³-hybridized carbons (Fsp3) is 0.684. The molecule has 1 saturated heterocycles. The van der Waals surface area contributed by atoms with E-state index in [0.717, 1.165) is 31.5 Å². The molecule has 3 atom stereocenters. The van der Waals surface area contributed by atoms with Crippen LogP contribution in [-0.4, -0.2) is 30.6 Å². The van der Waals surface area contributed by atoms with Crippen LogP contribution in [0.2, 0.25) is 0 Å². The van der Waals surface area contributed by atoms with E-state index in [2.05, 4.69) is 62.2 Å². The van der Waals surface area contributed by atoms with E-state index >= 15 is 0 Å². The van der Waals surface area contributed by atoms with Crippen molar-refractivity contribution in [2.45, 2.75) is 59.0 Å². The molecule has 0 aliphatic carbocycles. The normalized spacial score (nSPS) is 24.4. The lowest BCUT2D eigenvalue weighted by atomic mass is 10.0. The minimum absolute atomic E-state index is 0.462. The van der Waals surface area contributed by atoms with Crippen LogP contribution in [0, 0.1) is 5.92 Å². The van der Waals surface area contributed by atoms with Gasteiger partial charge in [-0.25, -0.2) is 0 Å². The first-order chi connectivity index (χ1) is 10.1. The van der Waals surface area contributed by atoms with Gasteiger partial charge in [-0.3, -0.25) is 4.90 Å². The van der Waals surface area contributed by atoms with Crippen LogP contribution in [0.4, 0.5) is 0 Å². The summed E-state index contributed by atoms with van der Waals surface area (Å²) >= 11 is 0. The number of aryl methyl sites for hydroxylation is 1. The van der Waals surface area contributed by atoms with E-state index in [9.17, 15) is 0 Å². The van der Waals surface area contributed by atoms with E-state index in [1.807, 2.05) is 0 Å². The standard InChI is InChI=1S/C19H32N2/c1-5-11-20-19(14-21-13-15(3)12-16(21)4)18-9-7-17(6-2)8-10-18/h7-10,15-16,19-20H,5-6,11-14H2,1-4H3. The Labute approximate surface area is 130 Å². The second-order valence-corrected chi connectivity index (χ2v) is 6.75. The highest BCUT2D eigenvalue weighted by molar-refractivity contribution is 5.25. The third-order valence-corrected chi connectivity index (χ3v) is 4.76. The Morgan fingerprint density at radius 3 is 2.43 bits per heavy atom. The molecule has 1 fully saturated rings. The van der Waals surface area contributed by atoms with Gasteiger partial charge in [0.25, 0.3) is 0 Å². The molecular weight excluding hydrogens is 256 g/mol. The average Bonchev–Trinajstić information content (AvgIpc) is 2.81. The van der Waals surface area contributed by atoms with Crippen molar-refractivity contribution in [1.82, 2.24) is 10.2 Å². The van der Waals surface area contributed by atoms with Gasteiger partial charge in [-0.05, 0) is 49.8 Å². The number of hydrogen-bond acceptors (Lipinski definition) is 2. The highest BCUT2D eigenvalue weighted by Gasteiger charge is 2.28. The Kier molecular flexibility index (Phi) is 6.25. The monoisotopic (exact) mass is 288 g/mol. The van der Waals surface area contributed by atoms with Gasteiger partial charge < -0.3 is 5.32 Å². The largest absolute Gasteiger partial charge is 0.309 e. The molecule has 0 amide bonds. The summed E-state index contributed by atoms with van der Waals surface area (Å²) in [6.45, 7) is 12.7. The lowest BCUT2D eigenvalue weighted by Crippen LogP contribution is -2.37. The molecule has 2 nitrogen and oxygen atoms in total. The molecule has 1 aliphatic rings. The molecule has 1 aromatic rings. The lowest BCUT2D eigenvalue weighted by molar-refractivity contribution is 0.234. The number of nitrogens with one attached hydrogen (secondary N) is 1. The Hall–Kier alpha value is -0.860. The van der Waals surface area contributed by atoms with Crippen molar-refractivity contribution in [3.63, 3.8) is 0 Å². The van der Waals surface area contributed by atoms with Crippen molar-refractivity contribution in [2.24, 2.45) is 5.92 Å². The van der Waals surface area contributed by atoms with Crippen molar-refractivity contribution < 1.29 is 0 Å². The molecule has 1 heterocycles. The van der Waals surface area contributed by atoms with Crippen LogP contribution in [0.1, 0.15) is 57.7 Å². The molecule has 0 radical (unpaired) electrons. The maximum atomic E-state index is 3.74. The van der Waals surface area contributed by atoms with E-state index in [4.69, 9.17) is 0 Å². The summed E-state index contributed by atoms with van der Waals surface area (Å²) in [5.74, 6) is 0.842. The van der Waals surface area contributed by atoms with Gasteiger partial charge in [0.15, 0.2) is 0 Å². The van der Waals surface area contributed by atoms with Crippen molar-refractivity contribution in [3.8, 4) is 0 Å². The zero-order valence-electron chi connectivity index (χ0n) is 14.2. The van der Waals surface area contributed by atoms with Crippen LogP contribution in [0.25, 0.3) is 0 Å². The predicted octanol–water partition coefficient (Wildman–Crippen LogP) is 4.02. The van der Waals surface area contributed by atoms with Crippen LogP contribution in [0.3, 0.4) is 0 Å². The highest BCUT2D eigenvalue weighted by atomic mass is 15.2. The summed E-state index contributed by atoms with van der Waals surface area (Å²) in [5.41, 5.74) is 2.86. The molecule has 1 aromatic carbocycles. The Bertz CT molecular complexity index is 412. The number of rotatable bonds is 7. The van der Waals surface area contributed by atoms with Gasteiger partial charge in [0.05, 0.1) is 0 Å². The van der Waals surface area contributed by atoms with Gasteiger partial charge in [0.2, 0.25) is 0 Å². The maximum absolute atomic E-state index is 3.74. The van der Waals surface area contributed by atoms with Gasteiger partial charge in [0, 0.05) is 25.2 Å². The summed E-state index contributed by atoms with van der Waals surface area (Å²) in [6, 6.07) is 10.4. The van der Waals surface area contributed by atoms with E-state index in [-0.39, 0.29) is 0 Å². The maximum Gasteiger partial charge on any atom is 0.0449 e. The topological polar surface area (TPSA) is 15.3 Å². The molecular formula is C19H32N2. The molecule has 118 valence electrons. The second-order valence-electron chi connectivity index (χ2n) is 6.75. The fourth-order valence-corrected chi connectivity index (χ4v) is 3.47. The van der Waals surface area contributed by atoms with Gasteiger partial charge in [0.1, 0.15) is 0 Å². The molecule has 3 unspecified atom stereocenters. The van der Waals surface area contributed by atoms with Crippen LogP contribution >= 0.6 is 0 Å². The molecule has 0 aromatic heterocycles. The Balaban J connectivity index is 2.05. The first-order valence-corrected chi connectivity index (χ1v) is 8.70. The molecule has 1 aliphatic heterocycles. The van der Waals surface area contributed by atoms with Crippen LogP contribution in [0.5, 0.6) is 0 Å². The first-order valence-electron chi connectivity index (χ1n) is 8.70. The first kappa shape index (κ1) is 16.5. The summed E-state index contributed by atoms with van der Waals surface area (Å²) in [6.07, 6.45) is 3.65. The quantitative estimate of drug-likeness (QED) is 0.815. The third kappa shape index (κ3) is 4.55. The van der Waals surface area contributed by atoms with E-state index in [0.29, 0.717) is 6.04 Å². The van der Waals surface area contributed by atoms with Crippen molar-refractivity contribution in [2.75, 3.05) is 19.6 Å². The molecule has 2 rings (SSSR count). The molecule has 1 N–H and O–H groups in total. The number of likely N-dealkylation sites (tertiary alicyclic amines) is 1. The van der Waals surface area contributed by atoms with Crippen LogP contribution in [0.15, 0.2) is 24.3 Å². The minimum Gasteiger partial charge on any atom is -0.309 e. The second kappa shape index (κ2) is 7.95. The fourth-order valence-electron chi connectivity index (χ4n) is 3.47. The van der Waals surface area contributed by atoms with E-state index < -0.39 is 0 Å². The number of hydrogen-bond donors (Lipinski definition) is 1. The van der Waals surface area contributed by atoms with E-state index in [1.54, 1.807) is 0 Å². The van der Waals surface area contributed by atoms with Crippen LogP contribution in [-0.2, 0) is 6.42 Å².